The lowest BCUT2D eigenvalue weighted by atomic mass is 10.2. The molecule has 0 spiro atoms. The molecule has 226 valence electrons. The maximum absolute atomic E-state index is 14.5. The number of nitrogens with zero attached hydrogens (tertiary/aromatic N) is 4. The number of ether oxygens (including phenoxy) is 2. The molecule has 10 nitrogen and oxygen atoms in total. The van der Waals surface area contributed by atoms with E-state index in [-0.39, 0.29) is 23.8 Å². The van der Waals surface area contributed by atoms with Gasteiger partial charge in [-0.15, -0.1) is 10.2 Å². The summed E-state index contributed by atoms with van der Waals surface area (Å²) < 4.78 is 61.3. The van der Waals surface area contributed by atoms with Gasteiger partial charge < -0.3 is 19.0 Å². The number of para-hydroxylation sites is 1. The molecule has 0 aliphatic carbocycles. The Balaban J connectivity index is 1.96. The standard InChI is InChI=1S/C29H37FN4O6SSi/c1-18-11-14-24(40-18)28-32-33-29(34(28)26-22(38-3)9-8-10-23(26)39-4)25(15-16-42(5,6)7)41(36,37)19(2)27(35)21-13-12-20(30)17-31-21/h8-14,17,19,25,27,35H,15-16H2,1-7H3/t19-,25?,27-/m0/s1. The number of pyridine rings is 1. The predicted octanol–water partition coefficient (Wildman–Crippen LogP) is 5.69. The van der Waals surface area contributed by atoms with Crippen LogP contribution in [-0.4, -0.2) is 60.8 Å². The quantitative estimate of drug-likeness (QED) is 0.199. The summed E-state index contributed by atoms with van der Waals surface area (Å²) in [6.07, 6.45) is -0.323. The van der Waals surface area contributed by atoms with Crippen molar-refractivity contribution < 1.29 is 31.8 Å². The maximum Gasteiger partial charge on any atom is 0.204 e. The predicted molar refractivity (Wildman–Crippen MR) is 160 cm³/mol. The van der Waals surface area contributed by atoms with Crippen LogP contribution in [0.3, 0.4) is 0 Å². The van der Waals surface area contributed by atoms with Gasteiger partial charge in [-0.25, -0.2) is 12.8 Å². The van der Waals surface area contributed by atoms with Crippen LogP contribution < -0.4 is 9.47 Å². The molecule has 0 aliphatic heterocycles. The van der Waals surface area contributed by atoms with E-state index in [1.54, 1.807) is 41.8 Å². The van der Waals surface area contributed by atoms with Gasteiger partial charge in [0.15, 0.2) is 21.4 Å². The van der Waals surface area contributed by atoms with Crippen molar-refractivity contribution in [1.82, 2.24) is 19.7 Å². The molecule has 4 rings (SSSR count). The first-order chi connectivity index (χ1) is 19.8. The van der Waals surface area contributed by atoms with Crippen molar-refractivity contribution in [1.29, 1.82) is 0 Å². The second-order valence-electron chi connectivity index (χ2n) is 11.4. The highest BCUT2D eigenvalue weighted by molar-refractivity contribution is 7.92. The molecule has 3 atom stereocenters. The van der Waals surface area contributed by atoms with Gasteiger partial charge in [0.1, 0.15) is 40.1 Å². The Labute approximate surface area is 246 Å². The molecule has 0 saturated heterocycles. The molecule has 1 unspecified atom stereocenters. The van der Waals surface area contributed by atoms with Crippen LogP contribution in [0.25, 0.3) is 17.3 Å². The highest BCUT2D eigenvalue weighted by atomic mass is 32.2. The Bertz CT molecular complexity index is 1610. The number of methoxy groups -OCH3 is 2. The molecule has 42 heavy (non-hydrogen) atoms. The minimum Gasteiger partial charge on any atom is -0.494 e. The van der Waals surface area contributed by atoms with Crippen LogP contribution >= 0.6 is 0 Å². The Kier molecular flexibility index (Phi) is 9.23. The first kappa shape index (κ1) is 31.4. The average Bonchev–Trinajstić information content (AvgIpc) is 3.57. The Morgan fingerprint density at radius 2 is 1.71 bits per heavy atom. The summed E-state index contributed by atoms with van der Waals surface area (Å²) in [5, 5.41) is 17.5. The number of furan rings is 1. The number of hydrogen-bond acceptors (Lipinski definition) is 9. The maximum atomic E-state index is 14.5. The molecule has 0 fully saturated rings. The zero-order valence-corrected chi connectivity index (χ0v) is 26.6. The molecule has 0 saturated carbocycles. The Morgan fingerprint density at radius 1 is 1.05 bits per heavy atom. The number of benzene rings is 1. The fourth-order valence-electron chi connectivity index (χ4n) is 4.74. The minimum atomic E-state index is -4.16. The normalized spacial score (nSPS) is 14.4. The summed E-state index contributed by atoms with van der Waals surface area (Å²) >= 11 is 0. The Morgan fingerprint density at radius 3 is 2.24 bits per heavy atom. The number of sulfone groups is 1. The van der Waals surface area contributed by atoms with E-state index in [9.17, 15) is 17.9 Å². The molecule has 3 aromatic heterocycles. The Hall–Kier alpha value is -3.55. The van der Waals surface area contributed by atoms with E-state index in [0.29, 0.717) is 34.8 Å². The number of aliphatic hydroxyl groups excluding tert-OH is 1. The van der Waals surface area contributed by atoms with Gasteiger partial charge in [-0.3, -0.25) is 9.55 Å². The molecule has 3 heterocycles. The first-order valence-corrected chi connectivity index (χ1v) is 18.9. The van der Waals surface area contributed by atoms with Crippen LogP contribution in [-0.2, 0) is 9.84 Å². The molecular formula is C29H37FN4O6SSi. The van der Waals surface area contributed by atoms with Gasteiger partial charge in [-0.2, -0.15) is 0 Å². The fourth-order valence-corrected chi connectivity index (χ4v) is 8.01. The van der Waals surface area contributed by atoms with E-state index in [1.165, 1.54) is 27.2 Å². The third-order valence-corrected chi connectivity index (χ3v) is 11.5. The number of hydrogen-bond donors (Lipinski definition) is 1. The van der Waals surface area contributed by atoms with E-state index >= 15 is 0 Å². The average molecular weight is 617 g/mol. The van der Waals surface area contributed by atoms with E-state index in [0.717, 1.165) is 12.3 Å². The molecule has 0 amide bonds. The van der Waals surface area contributed by atoms with Crippen molar-refractivity contribution in [3.63, 3.8) is 0 Å². The zero-order valence-electron chi connectivity index (χ0n) is 24.8. The van der Waals surface area contributed by atoms with Crippen molar-refractivity contribution in [2.45, 2.75) is 62.6 Å². The van der Waals surface area contributed by atoms with Gasteiger partial charge in [-0.1, -0.05) is 31.8 Å². The topological polar surface area (TPSA) is 130 Å². The van der Waals surface area contributed by atoms with E-state index in [1.807, 2.05) is 0 Å². The second kappa shape index (κ2) is 12.4. The third-order valence-electron chi connectivity index (χ3n) is 7.13. The highest BCUT2D eigenvalue weighted by Gasteiger charge is 2.42. The number of rotatable bonds is 12. The highest BCUT2D eigenvalue weighted by Crippen LogP contribution is 2.42. The zero-order chi connectivity index (χ0) is 30.8. The lowest BCUT2D eigenvalue weighted by Crippen LogP contribution is -2.33. The summed E-state index contributed by atoms with van der Waals surface area (Å²) in [5.74, 6) is 1.64. The van der Waals surface area contributed by atoms with Crippen molar-refractivity contribution >= 4 is 17.9 Å². The summed E-state index contributed by atoms with van der Waals surface area (Å²) in [6, 6.07) is 11.8. The third kappa shape index (κ3) is 6.42. The van der Waals surface area contributed by atoms with Crippen LogP contribution in [0.4, 0.5) is 4.39 Å². The molecule has 1 N–H and O–H groups in total. The van der Waals surface area contributed by atoms with Crippen LogP contribution in [0, 0.1) is 12.7 Å². The number of aliphatic hydroxyl groups is 1. The molecule has 0 aliphatic rings. The number of aromatic nitrogens is 4. The lowest BCUT2D eigenvalue weighted by Gasteiger charge is -2.27. The van der Waals surface area contributed by atoms with Crippen LogP contribution in [0.1, 0.15) is 42.0 Å². The van der Waals surface area contributed by atoms with Crippen molar-refractivity contribution in [2.24, 2.45) is 0 Å². The van der Waals surface area contributed by atoms with Gasteiger partial charge in [0.05, 0.1) is 31.4 Å². The van der Waals surface area contributed by atoms with Gasteiger partial charge in [0, 0.05) is 8.07 Å². The smallest absolute Gasteiger partial charge is 0.204 e. The van der Waals surface area contributed by atoms with Crippen LogP contribution in [0.5, 0.6) is 11.5 Å². The number of aryl methyl sites for hydroxylation is 1. The largest absolute Gasteiger partial charge is 0.494 e. The van der Waals surface area contributed by atoms with Crippen LogP contribution in [0.15, 0.2) is 53.1 Å². The summed E-state index contributed by atoms with van der Waals surface area (Å²) in [4.78, 5) is 3.93. The fraction of sp³-hybridized carbons (Fsp3) is 0.414. The van der Waals surface area contributed by atoms with Gasteiger partial charge >= 0.3 is 0 Å². The summed E-state index contributed by atoms with van der Waals surface area (Å²) in [5.41, 5.74) is 0.462. The first-order valence-electron chi connectivity index (χ1n) is 13.5. The van der Waals surface area contributed by atoms with E-state index < -0.39 is 40.3 Å². The molecule has 13 heteroatoms. The minimum absolute atomic E-state index is 0.0519. The van der Waals surface area contributed by atoms with Crippen LogP contribution in [0.2, 0.25) is 25.7 Å². The van der Waals surface area contributed by atoms with Crippen molar-refractivity contribution in [3.8, 4) is 28.8 Å². The lowest BCUT2D eigenvalue weighted by molar-refractivity contribution is 0.170. The molecule has 4 aromatic rings. The molecule has 0 bridgehead atoms. The van der Waals surface area contributed by atoms with Crippen molar-refractivity contribution in [2.75, 3.05) is 14.2 Å². The molecule has 0 radical (unpaired) electrons. The van der Waals surface area contributed by atoms with Gasteiger partial charge in [0.2, 0.25) is 5.82 Å². The van der Waals surface area contributed by atoms with Gasteiger partial charge in [0.25, 0.3) is 0 Å². The monoisotopic (exact) mass is 616 g/mol. The SMILES string of the molecule is COc1cccc(OC)c1-n1c(-c2ccc(C)o2)nnc1C(CC[Si](C)(C)C)S(=O)(=O)[C@@H](C)[C@H](O)c1ccc(F)cn1. The van der Waals surface area contributed by atoms with E-state index in [2.05, 4.69) is 34.8 Å². The van der Waals surface area contributed by atoms with E-state index in [4.69, 9.17) is 13.9 Å². The second-order valence-corrected chi connectivity index (χ2v) is 19.5. The molecule has 1 aromatic carbocycles. The van der Waals surface area contributed by atoms with Crippen molar-refractivity contribution in [3.05, 3.63) is 71.8 Å². The number of halogens is 1. The van der Waals surface area contributed by atoms with Gasteiger partial charge in [-0.05, 0) is 56.7 Å². The molecular weight excluding hydrogens is 579 g/mol. The summed E-state index contributed by atoms with van der Waals surface area (Å²) in [7, 11) is -2.91. The summed E-state index contributed by atoms with van der Waals surface area (Å²) in [6.45, 7) is 9.68.